The van der Waals surface area contributed by atoms with Gasteiger partial charge in [-0.25, -0.2) is 0 Å². The summed E-state index contributed by atoms with van der Waals surface area (Å²) in [6.07, 6.45) is 0. The van der Waals surface area contributed by atoms with E-state index in [4.69, 9.17) is 8.83 Å². The second-order valence-electron chi connectivity index (χ2n) is 11.7. The van der Waals surface area contributed by atoms with Gasteiger partial charge in [-0.2, -0.15) is 0 Å². The first-order valence-electron chi connectivity index (χ1n) is 15.3. The third kappa shape index (κ3) is 3.58. The van der Waals surface area contributed by atoms with E-state index in [0.29, 0.717) is 0 Å². The quantitative estimate of drug-likeness (QED) is 0.210. The number of para-hydroxylation sites is 2. The second-order valence-corrected chi connectivity index (χ2v) is 11.7. The predicted molar refractivity (Wildman–Crippen MR) is 186 cm³/mol. The van der Waals surface area contributed by atoms with Crippen LogP contribution in [0, 0.1) is 0 Å². The van der Waals surface area contributed by atoms with E-state index in [2.05, 4.69) is 156 Å². The highest BCUT2D eigenvalue weighted by Crippen LogP contribution is 2.41. The van der Waals surface area contributed by atoms with Crippen LogP contribution < -0.4 is 0 Å². The Hall–Kier alpha value is -6.06. The van der Waals surface area contributed by atoms with Gasteiger partial charge in [-0.15, -0.1) is 0 Å². The van der Waals surface area contributed by atoms with Crippen molar-refractivity contribution in [3.05, 3.63) is 152 Å². The number of hydrogen-bond acceptors (Lipinski definition) is 2. The highest BCUT2D eigenvalue weighted by atomic mass is 16.3. The fourth-order valence-corrected chi connectivity index (χ4v) is 7.08. The predicted octanol–water partition coefficient (Wildman–Crippen LogP) is 11.9. The van der Waals surface area contributed by atoms with Gasteiger partial charge in [-0.1, -0.05) is 97.1 Å². The van der Waals surface area contributed by atoms with Gasteiger partial charge in [0.25, 0.3) is 0 Å². The van der Waals surface area contributed by atoms with E-state index in [0.717, 1.165) is 77.5 Å². The number of fused-ring (bicyclic) bond motifs is 10. The molecule has 0 bridgehead atoms. The molecular weight excluding hydrogens is 550 g/mol. The lowest BCUT2D eigenvalue weighted by molar-refractivity contribution is 0.669. The summed E-state index contributed by atoms with van der Waals surface area (Å²) in [6, 6.07) is 53.6. The van der Waals surface area contributed by atoms with Crippen LogP contribution in [0.15, 0.2) is 160 Å². The molecule has 3 heteroatoms. The molecule has 7 aromatic carbocycles. The molecule has 0 amide bonds. The Morgan fingerprint density at radius 3 is 1.91 bits per heavy atom. The summed E-state index contributed by atoms with van der Waals surface area (Å²) in [5, 5.41) is 7.00. The van der Waals surface area contributed by atoms with Gasteiger partial charge in [-0.05, 0) is 87.6 Å². The lowest BCUT2D eigenvalue weighted by Gasteiger charge is -2.08. The molecule has 3 nitrogen and oxygen atoms in total. The minimum Gasteiger partial charge on any atom is -0.456 e. The Morgan fingerprint density at radius 1 is 0.400 bits per heavy atom. The SMILES string of the molecule is c1ccc(-n2c3ccccc3c3oc4ccc(-c5ccc(-c6ccc7c(c6)oc6ccc8ccccc8c67)cc5)cc4c32)cc1. The molecule has 45 heavy (non-hydrogen) atoms. The van der Waals surface area contributed by atoms with Gasteiger partial charge in [-0.3, -0.25) is 0 Å². The molecular formula is C42H25NO2. The standard InChI is InChI=1S/C42H25NO2/c1-2-9-31(10-3-1)43-36-13-7-6-12-33(36)42-41(43)35-24-29(20-22-37(35)45-42)26-14-16-27(17-15-26)30-18-21-34-39(25-30)44-38-23-19-28-8-4-5-11-32(28)40(34)38/h1-25H. The summed E-state index contributed by atoms with van der Waals surface area (Å²) in [4.78, 5) is 0. The molecule has 10 aromatic rings. The van der Waals surface area contributed by atoms with Gasteiger partial charge < -0.3 is 13.4 Å². The molecule has 3 heterocycles. The molecule has 0 radical (unpaired) electrons. The maximum absolute atomic E-state index is 6.49. The molecule has 0 N–H and O–H groups in total. The number of rotatable bonds is 3. The van der Waals surface area contributed by atoms with Crippen LogP contribution in [0.25, 0.3) is 93.6 Å². The lowest BCUT2D eigenvalue weighted by Crippen LogP contribution is -1.92. The van der Waals surface area contributed by atoms with Crippen LogP contribution in [0.1, 0.15) is 0 Å². The van der Waals surface area contributed by atoms with E-state index in [1.54, 1.807) is 0 Å². The van der Waals surface area contributed by atoms with Gasteiger partial charge >= 0.3 is 0 Å². The molecule has 210 valence electrons. The highest BCUT2D eigenvalue weighted by Gasteiger charge is 2.19. The summed E-state index contributed by atoms with van der Waals surface area (Å²) in [5.74, 6) is 0. The van der Waals surface area contributed by atoms with E-state index < -0.39 is 0 Å². The molecule has 0 atom stereocenters. The van der Waals surface area contributed by atoms with E-state index in [1.165, 1.54) is 16.2 Å². The van der Waals surface area contributed by atoms with Crippen LogP contribution in [-0.2, 0) is 0 Å². The zero-order valence-electron chi connectivity index (χ0n) is 24.2. The molecule has 3 aromatic heterocycles. The van der Waals surface area contributed by atoms with Crippen molar-refractivity contribution in [1.29, 1.82) is 0 Å². The van der Waals surface area contributed by atoms with Crippen LogP contribution >= 0.6 is 0 Å². The number of furan rings is 2. The van der Waals surface area contributed by atoms with Crippen LogP contribution in [0.3, 0.4) is 0 Å². The van der Waals surface area contributed by atoms with Gasteiger partial charge in [0, 0.05) is 27.2 Å². The van der Waals surface area contributed by atoms with Crippen LogP contribution in [0.5, 0.6) is 0 Å². The minimum absolute atomic E-state index is 0.891. The Kier molecular flexibility index (Phi) is 5.00. The van der Waals surface area contributed by atoms with E-state index in [-0.39, 0.29) is 0 Å². The Bertz CT molecular complexity index is 2740. The summed E-state index contributed by atoms with van der Waals surface area (Å²) in [7, 11) is 0. The molecule has 0 aliphatic heterocycles. The zero-order chi connectivity index (χ0) is 29.5. The molecule has 0 saturated heterocycles. The third-order valence-corrected chi connectivity index (χ3v) is 9.20. The lowest BCUT2D eigenvalue weighted by atomic mass is 9.98. The van der Waals surface area contributed by atoms with Crippen molar-refractivity contribution < 1.29 is 8.83 Å². The topological polar surface area (TPSA) is 31.2 Å². The fourth-order valence-electron chi connectivity index (χ4n) is 7.08. The van der Waals surface area contributed by atoms with Crippen molar-refractivity contribution in [2.45, 2.75) is 0 Å². The minimum atomic E-state index is 0.891. The molecule has 0 aliphatic rings. The first-order chi connectivity index (χ1) is 22.3. The number of hydrogen-bond donors (Lipinski definition) is 0. The molecule has 0 spiro atoms. The van der Waals surface area contributed by atoms with Crippen molar-refractivity contribution >= 4 is 65.7 Å². The summed E-state index contributed by atoms with van der Waals surface area (Å²) >= 11 is 0. The van der Waals surface area contributed by atoms with Crippen molar-refractivity contribution in [2.75, 3.05) is 0 Å². The van der Waals surface area contributed by atoms with Crippen LogP contribution in [0.2, 0.25) is 0 Å². The zero-order valence-corrected chi connectivity index (χ0v) is 24.2. The van der Waals surface area contributed by atoms with Gasteiger partial charge in [0.05, 0.1) is 5.52 Å². The normalized spacial score (nSPS) is 12.0. The van der Waals surface area contributed by atoms with Crippen LogP contribution in [-0.4, -0.2) is 4.57 Å². The summed E-state index contributed by atoms with van der Waals surface area (Å²) in [5.41, 5.74) is 11.6. The second kappa shape index (κ2) is 9.22. The van der Waals surface area contributed by atoms with E-state index in [9.17, 15) is 0 Å². The first-order valence-corrected chi connectivity index (χ1v) is 15.3. The van der Waals surface area contributed by atoms with Crippen molar-refractivity contribution in [3.8, 4) is 27.9 Å². The average molecular weight is 576 g/mol. The largest absolute Gasteiger partial charge is 0.456 e. The number of benzene rings is 7. The fraction of sp³-hybridized carbons (Fsp3) is 0. The number of nitrogens with zero attached hydrogens (tertiary/aromatic N) is 1. The maximum atomic E-state index is 6.49. The van der Waals surface area contributed by atoms with Crippen LogP contribution in [0.4, 0.5) is 0 Å². The first kappa shape index (κ1) is 24.4. The van der Waals surface area contributed by atoms with Gasteiger partial charge in [0.15, 0.2) is 5.58 Å². The molecule has 0 fully saturated rings. The van der Waals surface area contributed by atoms with Crippen molar-refractivity contribution in [2.24, 2.45) is 0 Å². The third-order valence-electron chi connectivity index (χ3n) is 9.20. The van der Waals surface area contributed by atoms with Crippen molar-refractivity contribution in [3.63, 3.8) is 0 Å². The van der Waals surface area contributed by atoms with Crippen molar-refractivity contribution in [1.82, 2.24) is 4.57 Å². The average Bonchev–Trinajstić information content (AvgIpc) is 3.77. The monoisotopic (exact) mass is 575 g/mol. The van der Waals surface area contributed by atoms with Gasteiger partial charge in [0.1, 0.15) is 22.3 Å². The Morgan fingerprint density at radius 2 is 1.07 bits per heavy atom. The van der Waals surface area contributed by atoms with E-state index >= 15 is 0 Å². The summed E-state index contributed by atoms with van der Waals surface area (Å²) < 4.78 is 15.1. The molecule has 0 saturated carbocycles. The van der Waals surface area contributed by atoms with E-state index in [1.807, 2.05) is 0 Å². The Balaban J connectivity index is 1.07. The number of aromatic nitrogens is 1. The van der Waals surface area contributed by atoms with Gasteiger partial charge in [0.2, 0.25) is 0 Å². The molecule has 10 rings (SSSR count). The molecule has 0 aliphatic carbocycles. The Labute approximate surface area is 258 Å². The highest BCUT2D eigenvalue weighted by molar-refractivity contribution is 6.19. The smallest absolute Gasteiger partial charge is 0.161 e. The maximum Gasteiger partial charge on any atom is 0.161 e. The summed E-state index contributed by atoms with van der Waals surface area (Å²) in [6.45, 7) is 0. The molecule has 0 unspecified atom stereocenters.